The first-order chi connectivity index (χ1) is 14.1. The molecule has 2 saturated heterocycles. The molecule has 1 aromatic heterocycles. The number of carbonyl (C=O) groups is 1. The minimum Gasteiger partial charge on any atom is -0.333 e. The fraction of sp³-hybridized carbons (Fsp3) is 0.652. The first kappa shape index (κ1) is 21.1. The van der Waals surface area contributed by atoms with E-state index in [0.717, 1.165) is 48.9 Å². The minimum atomic E-state index is 0.135. The van der Waals surface area contributed by atoms with Crippen LogP contribution < -0.4 is 0 Å². The minimum absolute atomic E-state index is 0.135. The van der Waals surface area contributed by atoms with Crippen molar-refractivity contribution in [1.29, 1.82) is 0 Å². The van der Waals surface area contributed by atoms with Crippen molar-refractivity contribution in [1.82, 2.24) is 14.5 Å². The van der Waals surface area contributed by atoms with E-state index in [-0.39, 0.29) is 6.04 Å². The van der Waals surface area contributed by atoms with Gasteiger partial charge in [-0.1, -0.05) is 54.0 Å². The lowest BCUT2D eigenvalue weighted by atomic mass is 10.1. The van der Waals surface area contributed by atoms with Crippen molar-refractivity contribution < 1.29 is 4.79 Å². The first-order valence-electron chi connectivity index (χ1n) is 11.2. The van der Waals surface area contributed by atoms with Crippen LogP contribution in [0.5, 0.6) is 0 Å². The molecule has 4 rings (SSSR count). The molecule has 29 heavy (non-hydrogen) atoms. The van der Waals surface area contributed by atoms with Crippen LogP contribution in [0.2, 0.25) is 0 Å². The highest BCUT2D eigenvalue weighted by Gasteiger charge is 2.33. The van der Waals surface area contributed by atoms with Crippen molar-refractivity contribution in [3.63, 3.8) is 0 Å². The largest absolute Gasteiger partial charge is 0.333 e. The van der Waals surface area contributed by atoms with Crippen LogP contribution in [-0.4, -0.2) is 37.9 Å². The zero-order chi connectivity index (χ0) is 20.2. The number of hydrogen-bond donors (Lipinski definition) is 0. The summed E-state index contributed by atoms with van der Waals surface area (Å²) in [5.74, 6) is 3.25. The monoisotopic (exact) mass is 431 g/mol. The predicted octanol–water partition coefficient (Wildman–Crippen LogP) is 6.07. The second-order valence-electron chi connectivity index (χ2n) is 8.78. The van der Waals surface area contributed by atoms with E-state index in [0.29, 0.717) is 18.2 Å². The number of carbonyl (C=O) groups excluding carboxylic acids is 1. The number of imidazole rings is 1. The normalized spacial score (nSPS) is 22.2. The summed E-state index contributed by atoms with van der Waals surface area (Å²) in [6, 6.07) is 8.53. The zero-order valence-electron chi connectivity index (χ0n) is 17.7. The smallest absolute Gasteiger partial charge is 0.223 e. The lowest BCUT2D eigenvalue weighted by molar-refractivity contribution is -0.132. The van der Waals surface area contributed by atoms with Gasteiger partial charge < -0.3 is 9.47 Å². The average Bonchev–Trinajstić information content (AvgIpc) is 3.45. The molecule has 0 N–H and O–H groups in total. The molecule has 2 aromatic rings. The quantitative estimate of drug-likeness (QED) is 0.375. The third kappa shape index (κ3) is 4.96. The van der Waals surface area contributed by atoms with E-state index in [2.05, 4.69) is 47.6 Å². The van der Waals surface area contributed by atoms with E-state index >= 15 is 0 Å². The Morgan fingerprint density at radius 2 is 2.10 bits per heavy atom. The van der Waals surface area contributed by atoms with E-state index in [1.807, 2.05) is 21.6 Å². The van der Waals surface area contributed by atoms with Crippen molar-refractivity contribution in [2.45, 2.75) is 76.6 Å². The lowest BCUT2D eigenvalue weighted by Crippen LogP contribution is -2.32. The molecule has 2 aliphatic rings. The maximum atomic E-state index is 13.1. The number of fused-ring (bicyclic) bond motifs is 1. The van der Waals surface area contributed by atoms with Gasteiger partial charge >= 0.3 is 0 Å². The number of para-hydroxylation sites is 2. The molecule has 0 aliphatic carbocycles. The molecule has 0 spiro atoms. The fourth-order valence-corrected chi connectivity index (χ4v) is 7.62. The summed E-state index contributed by atoms with van der Waals surface area (Å²) in [5.41, 5.74) is 2.25. The second kappa shape index (κ2) is 9.78. The standard InChI is InChI=1S/C23H33N3OS2/c1-17(2)16-26-20-10-5-4-9-19(20)24-23(26)21-11-7-14-25(21)22(27)12-6-3-8-18-13-15-28-29-18/h4-5,9-10,17-18,21H,3,6-8,11-16H2,1-2H3/t18-,21-/m0/s1. The molecule has 2 atom stereocenters. The third-order valence-electron chi connectivity index (χ3n) is 6.00. The van der Waals surface area contributed by atoms with Gasteiger partial charge in [-0.2, -0.15) is 0 Å². The van der Waals surface area contributed by atoms with Gasteiger partial charge in [-0.3, -0.25) is 4.79 Å². The molecule has 1 amide bonds. The molecule has 4 nitrogen and oxygen atoms in total. The first-order valence-corrected chi connectivity index (χ1v) is 13.5. The Hall–Kier alpha value is -1.14. The van der Waals surface area contributed by atoms with Crippen LogP contribution in [0.3, 0.4) is 0 Å². The highest BCUT2D eigenvalue weighted by Crippen LogP contribution is 2.40. The number of aromatic nitrogens is 2. The second-order valence-corrected chi connectivity index (χ2v) is 11.6. The summed E-state index contributed by atoms with van der Waals surface area (Å²) in [4.78, 5) is 20.2. The summed E-state index contributed by atoms with van der Waals surface area (Å²) in [6.45, 7) is 6.32. The highest BCUT2D eigenvalue weighted by molar-refractivity contribution is 8.77. The van der Waals surface area contributed by atoms with Gasteiger partial charge in [-0.25, -0.2) is 4.98 Å². The van der Waals surface area contributed by atoms with Crippen molar-refractivity contribution in [2.24, 2.45) is 5.92 Å². The molecule has 0 unspecified atom stereocenters. The average molecular weight is 432 g/mol. The lowest BCUT2D eigenvalue weighted by Gasteiger charge is -2.26. The maximum Gasteiger partial charge on any atom is 0.223 e. The zero-order valence-corrected chi connectivity index (χ0v) is 19.3. The van der Waals surface area contributed by atoms with E-state index in [4.69, 9.17) is 4.98 Å². The number of rotatable bonds is 8. The van der Waals surface area contributed by atoms with E-state index in [9.17, 15) is 4.79 Å². The summed E-state index contributed by atoms with van der Waals surface area (Å²) in [7, 11) is 4.05. The summed E-state index contributed by atoms with van der Waals surface area (Å²) in [6.07, 6.45) is 7.59. The number of likely N-dealkylation sites (tertiary alicyclic amines) is 1. The molecule has 3 heterocycles. The van der Waals surface area contributed by atoms with Gasteiger partial charge in [0.15, 0.2) is 0 Å². The molecule has 0 bridgehead atoms. The van der Waals surface area contributed by atoms with Crippen LogP contribution in [0.15, 0.2) is 24.3 Å². The molecular formula is C23H33N3OS2. The van der Waals surface area contributed by atoms with Crippen LogP contribution in [-0.2, 0) is 11.3 Å². The Bertz CT molecular complexity index is 829. The predicted molar refractivity (Wildman–Crippen MR) is 125 cm³/mol. The Labute approximate surface area is 182 Å². The van der Waals surface area contributed by atoms with Crippen molar-refractivity contribution in [2.75, 3.05) is 12.3 Å². The molecular weight excluding hydrogens is 398 g/mol. The van der Waals surface area contributed by atoms with Crippen LogP contribution in [0.1, 0.15) is 70.7 Å². The van der Waals surface area contributed by atoms with E-state index in [1.165, 1.54) is 30.5 Å². The number of hydrogen-bond acceptors (Lipinski definition) is 4. The summed E-state index contributed by atoms with van der Waals surface area (Å²) < 4.78 is 2.37. The van der Waals surface area contributed by atoms with Crippen molar-refractivity contribution in [3.8, 4) is 0 Å². The number of unbranched alkanes of at least 4 members (excludes halogenated alkanes) is 1. The number of amides is 1. The summed E-state index contributed by atoms with van der Waals surface area (Å²) >= 11 is 0. The SMILES string of the molecule is CC(C)Cn1c([C@@H]2CCCN2C(=O)CCCC[C@H]2CCSS2)nc2ccccc21. The highest BCUT2D eigenvalue weighted by atomic mass is 33.1. The van der Waals surface area contributed by atoms with E-state index < -0.39 is 0 Å². The molecule has 6 heteroatoms. The Morgan fingerprint density at radius 3 is 2.90 bits per heavy atom. The van der Waals surface area contributed by atoms with Gasteiger partial charge in [-0.05, 0) is 50.2 Å². The van der Waals surface area contributed by atoms with Gasteiger partial charge in [0.2, 0.25) is 5.91 Å². The summed E-state index contributed by atoms with van der Waals surface area (Å²) in [5, 5.41) is 0.811. The van der Waals surface area contributed by atoms with Crippen molar-refractivity contribution in [3.05, 3.63) is 30.1 Å². The van der Waals surface area contributed by atoms with E-state index in [1.54, 1.807) is 0 Å². The number of nitrogens with zero attached hydrogens (tertiary/aromatic N) is 3. The Kier molecular flexibility index (Phi) is 7.12. The van der Waals surface area contributed by atoms with Gasteiger partial charge in [0.25, 0.3) is 0 Å². The third-order valence-corrected chi connectivity index (χ3v) is 9.00. The molecule has 0 radical (unpaired) electrons. The Balaban J connectivity index is 1.44. The molecule has 2 aliphatic heterocycles. The fourth-order valence-electron chi connectivity index (χ4n) is 4.60. The molecule has 0 saturated carbocycles. The van der Waals surface area contributed by atoms with Gasteiger partial charge in [0, 0.05) is 30.5 Å². The topological polar surface area (TPSA) is 38.1 Å². The van der Waals surface area contributed by atoms with Crippen LogP contribution >= 0.6 is 21.6 Å². The van der Waals surface area contributed by atoms with Crippen LogP contribution in [0, 0.1) is 5.92 Å². The number of benzene rings is 1. The van der Waals surface area contributed by atoms with Gasteiger partial charge in [-0.15, -0.1) is 0 Å². The molecule has 1 aromatic carbocycles. The molecule has 2 fully saturated rings. The van der Waals surface area contributed by atoms with Crippen LogP contribution in [0.4, 0.5) is 0 Å². The Morgan fingerprint density at radius 1 is 1.24 bits per heavy atom. The maximum absolute atomic E-state index is 13.1. The molecule has 158 valence electrons. The van der Waals surface area contributed by atoms with Gasteiger partial charge in [0.05, 0.1) is 17.1 Å². The van der Waals surface area contributed by atoms with Crippen molar-refractivity contribution >= 4 is 38.5 Å². The van der Waals surface area contributed by atoms with Crippen LogP contribution in [0.25, 0.3) is 11.0 Å². The van der Waals surface area contributed by atoms with Gasteiger partial charge in [0.1, 0.15) is 5.82 Å².